The highest BCUT2D eigenvalue weighted by Gasteiger charge is 2.27. The van der Waals surface area contributed by atoms with Crippen molar-refractivity contribution in [2.75, 3.05) is 0 Å². The molecule has 0 aliphatic carbocycles. The number of esters is 1. The van der Waals surface area contributed by atoms with Crippen LogP contribution in [-0.4, -0.2) is 5.97 Å². The van der Waals surface area contributed by atoms with Crippen LogP contribution in [0.2, 0.25) is 0 Å². The second-order valence-electron chi connectivity index (χ2n) is 5.95. The van der Waals surface area contributed by atoms with Gasteiger partial charge in [0.1, 0.15) is 6.10 Å². The summed E-state index contributed by atoms with van der Waals surface area (Å²) in [6, 6.07) is 14.6. The smallest absolute Gasteiger partial charge is 0.331 e. The van der Waals surface area contributed by atoms with E-state index in [0.717, 1.165) is 24.0 Å². The van der Waals surface area contributed by atoms with E-state index < -0.39 is 0 Å². The third-order valence-corrected chi connectivity index (χ3v) is 4.27. The summed E-state index contributed by atoms with van der Waals surface area (Å²) in [4.78, 5) is 11.7. The zero-order valence-electron chi connectivity index (χ0n) is 13.0. The first-order chi connectivity index (χ1) is 10.8. The van der Waals surface area contributed by atoms with E-state index in [2.05, 4.69) is 37.3 Å². The van der Waals surface area contributed by atoms with E-state index in [1.807, 2.05) is 12.1 Å². The molecular formula is C20H22O2. The maximum absolute atomic E-state index is 11.7. The van der Waals surface area contributed by atoms with Crippen LogP contribution in [0, 0.1) is 0 Å². The maximum Gasteiger partial charge on any atom is 0.331 e. The van der Waals surface area contributed by atoms with Crippen LogP contribution in [0.5, 0.6) is 0 Å². The number of benzene rings is 2. The van der Waals surface area contributed by atoms with Gasteiger partial charge in [-0.2, -0.15) is 0 Å². The van der Waals surface area contributed by atoms with Crippen molar-refractivity contribution in [1.29, 1.82) is 0 Å². The van der Waals surface area contributed by atoms with E-state index in [-0.39, 0.29) is 12.1 Å². The molecular weight excluding hydrogens is 272 g/mol. The fourth-order valence-corrected chi connectivity index (χ4v) is 3.07. The van der Waals surface area contributed by atoms with E-state index in [9.17, 15) is 4.79 Å². The zero-order chi connectivity index (χ0) is 15.4. The van der Waals surface area contributed by atoms with Crippen molar-refractivity contribution in [3.05, 3.63) is 59.7 Å². The van der Waals surface area contributed by atoms with Crippen LogP contribution >= 0.6 is 0 Å². The van der Waals surface area contributed by atoms with Crippen molar-refractivity contribution in [2.45, 2.75) is 45.1 Å². The molecule has 0 N–H and O–H groups in total. The molecule has 0 saturated carbocycles. The summed E-state index contributed by atoms with van der Waals surface area (Å²) in [6.45, 7) is 2.21. The standard InChI is InChI=1S/C20H22O2/c1-2-3-4-5-10-17-14-19(21)22-20(17)18-12-11-15-8-6-7-9-16(15)13-18/h6-9,11-14,20H,2-5,10H2,1H3. The predicted molar refractivity (Wildman–Crippen MR) is 89.6 cm³/mol. The van der Waals surface area contributed by atoms with Crippen molar-refractivity contribution >= 4 is 16.7 Å². The number of carbonyl (C=O) groups excluding carboxylic acids is 1. The summed E-state index contributed by atoms with van der Waals surface area (Å²) in [5, 5.41) is 2.40. The van der Waals surface area contributed by atoms with E-state index in [0.29, 0.717) is 0 Å². The van der Waals surface area contributed by atoms with Crippen molar-refractivity contribution < 1.29 is 9.53 Å². The number of fused-ring (bicyclic) bond motifs is 1. The Labute approximate surface area is 131 Å². The molecule has 1 aliphatic heterocycles. The van der Waals surface area contributed by atoms with E-state index in [1.54, 1.807) is 6.08 Å². The molecule has 2 heteroatoms. The summed E-state index contributed by atoms with van der Waals surface area (Å²) in [5.41, 5.74) is 2.20. The SMILES string of the molecule is CCCCCCC1=CC(=O)OC1c1ccc2ccccc2c1. The molecule has 0 amide bonds. The lowest BCUT2D eigenvalue weighted by Crippen LogP contribution is -2.03. The minimum atomic E-state index is -0.205. The molecule has 0 saturated heterocycles. The fourth-order valence-electron chi connectivity index (χ4n) is 3.07. The van der Waals surface area contributed by atoms with E-state index in [1.165, 1.54) is 30.0 Å². The Morgan fingerprint density at radius 3 is 2.64 bits per heavy atom. The highest BCUT2D eigenvalue weighted by Crippen LogP contribution is 2.35. The number of rotatable bonds is 6. The fraction of sp³-hybridized carbons (Fsp3) is 0.350. The van der Waals surface area contributed by atoms with Gasteiger partial charge in [-0.05, 0) is 40.8 Å². The van der Waals surface area contributed by atoms with Crippen LogP contribution < -0.4 is 0 Å². The third kappa shape index (κ3) is 3.22. The maximum atomic E-state index is 11.7. The Hall–Kier alpha value is -2.09. The third-order valence-electron chi connectivity index (χ3n) is 4.27. The number of ether oxygens (including phenoxy) is 1. The van der Waals surface area contributed by atoms with Crippen molar-refractivity contribution in [3.8, 4) is 0 Å². The molecule has 2 aromatic rings. The van der Waals surface area contributed by atoms with Gasteiger partial charge in [0.25, 0.3) is 0 Å². The number of cyclic esters (lactones) is 1. The van der Waals surface area contributed by atoms with Gasteiger partial charge in [-0.15, -0.1) is 0 Å². The lowest BCUT2D eigenvalue weighted by Gasteiger charge is -2.15. The monoisotopic (exact) mass is 294 g/mol. The lowest BCUT2D eigenvalue weighted by atomic mass is 9.95. The second-order valence-corrected chi connectivity index (χ2v) is 5.95. The first-order valence-corrected chi connectivity index (χ1v) is 8.17. The molecule has 1 heterocycles. The van der Waals surface area contributed by atoms with Gasteiger partial charge in [-0.3, -0.25) is 0 Å². The van der Waals surface area contributed by atoms with Crippen molar-refractivity contribution in [3.63, 3.8) is 0 Å². The van der Waals surface area contributed by atoms with Crippen LogP contribution in [0.4, 0.5) is 0 Å². The first kappa shape index (κ1) is 14.8. The molecule has 2 aromatic carbocycles. The van der Waals surface area contributed by atoms with Gasteiger partial charge in [0, 0.05) is 6.08 Å². The van der Waals surface area contributed by atoms with Crippen molar-refractivity contribution in [1.82, 2.24) is 0 Å². The van der Waals surface area contributed by atoms with Crippen LogP contribution in [0.25, 0.3) is 10.8 Å². The molecule has 2 nitrogen and oxygen atoms in total. The average molecular weight is 294 g/mol. The molecule has 0 radical (unpaired) electrons. The quantitative estimate of drug-likeness (QED) is 0.531. The molecule has 1 atom stereocenters. The van der Waals surface area contributed by atoms with Crippen molar-refractivity contribution in [2.24, 2.45) is 0 Å². The molecule has 1 unspecified atom stereocenters. The summed E-state index contributed by atoms with van der Waals surface area (Å²) in [6.07, 6.45) is 7.26. The highest BCUT2D eigenvalue weighted by molar-refractivity contribution is 5.87. The Balaban J connectivity index is 1.78. The summed E-state index contributed by atoms with van der Waals surface area (Å²) in [7, 11) is 0. The molecule has 114 valence electrons. The van der Waals surface area contributed by atoms with Gasteiger partial charge in [0.05, 0.1) is 0 Å². The normalized spacial score (nSPS) is 17.6. The predicted octanol–water partition coefficient (Wildman–Crippen LogP) is 5.33. The Morgan fingerprint density at radius 1 is 1.00 bits per heavy atom. The summed E-state index contributed by atoms with van der Waals surface area (Å²) >= 11 is 0. The van der Waals surface area contributed by atoms with Crippen LogP contribution in [0.1, 0.15) is 50.7 Å². The van der Waals surface area contributed by atoms with Gasteiger partial charge in [-0.25, -0.2) is 4.79 Å². The Kier molecular flexibility index (Phi) is 4.57. The lowest BCUT2D eigenvalue weighted by molar-refractivity contribution is -0.139. The Bertz CT molecular complexity index is 700. The minimum absolute atomic E-state index is 0.196. The number of hydrogen-bond acceptors (Lipinski definition) is 2. The minimum Gasteiger partial charge on any atom is -0.450 e. The number of hydrogen-bond donors (Lipinski definition) is 0. The summed E-state index contributed by atoms with van der Waals surface area (Å²) in [5.74, 6) is -0.205. The number of carbonyl (C=O) groups is 1. The van der Waals surface area contributed by atoms with Crippen LogP contribution in [0.3, 0.4) is 0 Å². The Morgan fingerprint density at radius 2 is 1.82 bits per heavy atom. The zero-order valence-corrected chi connectivity index (χ0v) is 13.0. The highest BCUT2D eigenvalue weighted by atomic mass is 16.5. The van der Waals surface area contributed by atoms with Gasteiger partial charge in [-0.1, -0.05) is 62.6 Å². The molecule has 0 fully saturated rings. The molecule has 0 bridgehead atoms. The van der Waals surface area contributed by atoms with Crippen LogP contribution in [-0.2, 0) is 9.53 Å². The topological polar surface area (TPSA) is 26.3 Å². The molecule has 1 aliphatic rings. The van der Waals surface area contributed by atoms with Gasteiger partial charge < -0.3 is 4.74 Å². The summed E-state index contributed by atoms with van der Waals surface area (Å²) < 4.78 is 5.53. The number of unbranched alkanes of at least 4 members (excludes halogenated alkanes) is 3. The largest absolute Gasteiger partial charge is 0.450 e. The molecule has 0 spiro atoms. The molecule has 0 aromatic heterocycles. The van der Waals surface area contributed by atoms with E-state index in [4.69, 9.17) is 4.74 Å². The second kappa shape index (κ2) is 6.78. The first-order valence-electron chi connectivity index (χ1n) is 8.17. The molecule has 3 rings (SSSR count). The van der Waals surface area contributed by atoms with E-state index >= 15 is 0 Å². The van der Waals surface area contributed by atoms with Gasteiger partial charge in [0.2, 0.25) is 0 Å². The van der Waals surface area contributed by atoms with Gasteiger partial charge in [0.15, 0.2) is 0 Å². The van der Waals surface area contributed by atoms with Crippen LogP contribution in [0.15, 0.2) is 54.1 Å². The molecule has 22 heavy (non-hydrogen) atoms. The average Bonchev–Trinajstić information content (AvgIpc) is 2.92. The van der Waals surface area contributed by atoms with Gasteiger partial charge >= 0.3 is 5.97 Å².